The molecule has 0 unspecified atom stereocenters. The fourth-order valence-electron chi connectivity index (χ4n) is 1.76. The molecule has 1 aliphatic heterocycles. The minimum atomic E-state index is 0.716. The monoisotopic (exact) mass is 193 g/mol. The summed E-state index contributed by atoms with van der Waals surface area (Å²) < 4.78 is 0. The van der Waals surface area contributed by atoms with Gasteiger partial charge >= 0.3 is 0 Å². The smallest absolute Gasteiger partial charge is 0.0342 e. The van der Waals surface area contributed by atoms with Crippen molar-refractivity contribution in [1.29, 1.82) is 0 Å². The van der Waals surface area contributed by atoms with Crippen molar-refractivity contribution in [1.82, 2.24) is 4.90 Å². The summed E-state index contributed by atoms with van der Waals surface area (Å²) in [5, 5.41) is 0.716. The third-order valence-electron chi connectivity index (χ3n) is 2.30. The third-order valence-corrected chi connectivity index (χ3v) is 2.42. The van der Waals surface area contributed by atoms with Gasteiger partial charge in [-0.1, -0.05) is 42.4 Å². The van der Waals surface area contributed by atoms with Crippen molar-refractivity contribution in [2.75, 3.05) is 6.54 Å². The normalized spacial score (nSPS) is 15.8. The minimum absolute atomic E-state index is 0.716. The summed E-state index contributed by atoms with van der Waals surface area (Å²) in [7, 11) is 0. The largest absolute Gasteiger partial charge is 0.290 e. The van der Waals surface area contributed by atoms with Crippen LogP contribution in [0.3, 0.4) is 0 Å². The molecule has 0 fully saturated rings. The second-order valence-corrected chi connectivity index (χ2v) is 3.97. The first-order valence-electron chi connectivity index (χ1n) is 4.38. The van der Waals surface area contributed by atoms with Crippen molar-refractivity contribution in [3.05, 3.63) is 47.0 Å². The molecule has 1 aromatic rings. The molecule has 0 N–H and O–H groups in total. The summed E-state index contributed by atoms with van der Waals surface area (Å²) >= 11 is 5.76. The maximum atomic E-state index is 5.76. The first-order valence-corrected chi connectivity index (χ1v) is 4.76. The Labute approximate surface area is 83.6 Å². The minimum Gasteiger partial charge on any atom is -0.290 e. The maximum absolute atomic E-state index is 5.76. The lowest BCUT2D eigenvalue weighted by Crippen LogP contribution is -2.17. The molecular weight excluding hydrogens is 182 g/mol. The summed E-state index contributed by atoms with van der Waals surface area (Å²) in [5.74, 6) is 0. The highest BCUT2D eigenvalue weighted by Crippen LogP contribution is 2.22. The molecule has 0 radical (unpaired) electrons. The number of benzene rings is 1. The highest BCUT2D eigenvalue weighted by Gasteiger charge is 2.17. The van der Waals surface area contributed by atoms with Crippen LogP contribution in [0.25, 0.3) is 0 Å². The predicted octanol–water partition coefficient (Wildman–Crippen LogP) is 2.75. The molecule has 13 heavy (non-hydrogen) atoms. The highest BCUT2D eigenvalue weighted by molar-refractivity contribution is 6.29. The molecule has 0 atom stereocenters. The van der Waals surface area contributed by atoms with E-state index in [1.807, 2.05) is 0 Å². The molecular formula is C11H12ClN. The van der Waals surface area contributed by atoms with E-state index in [9.17, 15) is 0 Å². The van der Waals surface area contributed by atoms with Gasteiger partial charge in [-0.2, -0.15) is 0 Å². The number of hydrogen-bond donors (Lipinski definition) is 0. The average molecular weight is 194 g/mol. The van der Waals surface area contributed by atoms with Crippen LogP contribution in [-0.2, 0) is 13.1 Å². The Balaban J connectivity index is 2.09. The first-order chi connectivity index (χ1) is 6.25. The summed E-state index contributed by atoms with van der Waals surface area (Å²) in [5.41, 5.74) is 2.83. The van der Waals surface area contributed by atoms with Gasteiger partial charge in [0.25, 0.3) is 0 Å². The number of fused-ring (bicyclic) bond motifs is 1. The SMILES string of the molecule is C=C(Cl)CN1Cc2ccccc2C1. The van der Waals surface area contributed by atoms with Crippen LogP contribution in [0, 0.1) is 0 Å². The van der Waals surface area contributed by atoms with E-state index in [-0.39, 0.29) is 0 Å². The Morgan fingerprint density at radius 1 is 1.31 bits per heavy atom. The predicted molar refractivity (Wildman–Crippen MR) is 55.5 cm³/mol. The van der Waals surface area contributed by atoms with E-state index in [0.717, 1.165) is 19.6 Å². The van der Waals surface area contributed by atoms with Gasteiger partial charge < -0.3 is 0 Å². The number of nitrogens with zero attached hydrogens (tertiary/aromatic N) is 1. The van der Waals surface area contributed by atoms with Crippen LogP contribution >= 0.6 is 11.6 Å². The zero-order valence-corrected chi connectivity index (χ0v) is 8.22. The van der Waals surface area contributed by atoms with Gasteiger partial charge in [0, 0.05) is 24.7 Å². The van der Waals surface area contributed by atoms with Gasteiger partial charge in [-0.25, -0.2) is 0 Å². The van der Waals surface area contributed by atoms with Crippen LogP contribution in [-0.4, -0.2) is 11.4 Å². The molecule has 0 amide bonds. The van der Waals surface area contributed by atoms with Crippen molar-refractivity contribution in [2.24, 2.45) is 0 Å². The average Bonchev–Trinajstić information content (AvgIpc) is 2.44. The fourth-order valence-corrected chi connectivity index (χ4v) is 1.93. The number of halogens is 1. The van der Waals surface area contributed by atoms with Crippen LogP contribution in [0.5, 0.6) is 0 Å². The second kappa shape index (κ2) is 3.52. The number of hydrogen-bond acceptors (Lipinski definition) is 1. The molecule has 0 bridgehead atoms. The van der Waals surface area contributed by atoms with E-state index in [1.54, 1.807) is 0 Å². The molecule has 0 aromatic heterocycles. The van der Waals surface area contributed by atoms with E-state index < -0.39 is 0 Å². The molecule has 2 rings (SSSR count). The summed E-state index contributed by atoms with van der Waals surface area (Å²) in [6, 6.07) is 8.51. The van der Waals surface area contributed by atoms with Gasteiger partial charge in [-0.15, -0.1) is 0 Å². The van der Waals surface area contributed by atoms with E-state index in [1.165, 1.54) is 11.1 Å². The van der Waals surface area contributed by atoms with Crippen molar-refractivity contribution >= 4 is 11.6 Å². The molecule has 0 saturated heterocycles. The molecule has 68 valence electrons. The highest BCUT2D eigenvalue weighted by atomic mass is 35.5. The van der Waals surface area contributed by atoms with Gasteiger partial charge in [-0.3, -0.25) is 4.90 Å². The lowest BCUT2D eigenvalue weighted by Gasteiger charge is -2.12. The van der Waals surface area contributed by atoms with Gasteiger partial charge in [0.05, 0.1) is 0 Å². The van der Waals surface area contributed by atoms with Crippen molar-refractivity contribution < 1.29 is 0 Å². The topological polar surface area (TPSA) is 3.24 Å². The summed E-state index contributed by atoms with van der Waals surface area (Å²) in [6.45, 7) is 6.50. The van der Waals surface area contributed by atoms with Crippen molar-refractivity contribution in [3.8, 4) is 0 Å². The lowest BCUT2D eigenvalue weighted by molar-refractivity contribution is 0.314. The molecule has 1 nitrogen and oxygen atoms in total. The van der Waals surface area contributed by atoms with E-state index >= 15 is 0 Å². The van der Waals surface area contributed by atoms with Crippen LogP contribution in [0.15, 0.2) is 35.9 Å². The van der Waals surface area contributed by atoms with E-state index in [2.05, 4.69) is 35.7 Å². The van der Waals surface area contributed by atoms with Gasteiger partial charge in [0.15, 0.2) is 0 Å². The molecule has 0 aliphatic carbocycles. The molecule has 0 saturated carbocycles. The maximum Gasteiger partial charge on any atom is 0.0342 e. The van der Waals surface area contributed by atoms with E-state index in [0.29, 0.717) is 5.03 Å². The Kier molecular flexibility index (Phi) is 2.38. The van der Waals surface area contributed by atoms with Crippen molar-refractivity contribution in [3.63, 3.8) is 0 Å². The quantitative estimate of drug-likeness (QED) is 0.698. The molecule has 1 aromatic carbocycles. The summed E-state index contributed by atoms with van der Waals surface area (Å²) in [6.07, 6.45) is 0. The Morgan fingerprint density at radius 2 is 1.85 bits per heavy atom. The van der Waals surface area contributed by atoms with Gasteiger partial charge in [0.1, 0.15) is 0 Å². The van der Waals surface area contributed by atoms with Gasteiger partial charge in [-0.05, 0) is 11.1 Å². The zero-order chi connectivity index (χ0) is 9.26. The van der Waals surface area contributed by atoms with Crippen LogP contribution < -0.4 is 0 Å². The zero-order valence-electron chi connectivity index (χ0n) is 7.46. The van der Waals surface area contributed by atoms with Crippen molar-refractivity contribution in [2.45, 2.75) is 13.1 Å². The fraction of sp³-hybridized carbons (Fsp3) is 0.273. The van der Waals surface area contributed by atoms with Gasteiger partial charge in [0.2, 0.25) is 0 Å². The molecule has 2 heteroatoms. The van der Waals surface area contributed by atoms with Crippen LogP contribution in [0.4, 0.5) is 0 Å². The Morgan fingerprint density at radius 3 is 2.31 bits per heavy atom. The van der Waals surface area contributed by atoms with Crippen LogP contribution in [0.2, 0.25) is 0 Å². The molecule has 1 aliphatic rings. The second-order valence-electron chi connectivity index (χ2n) is 3.43. The lowest BCUT2D eigenvalue weighted by atomic mass is 10.1. The van der Waals surface area contributed by atoms with Crippen LogP contribution in [0.1, 0.15) is 11.1 Å². The van der Waals surface area contributed by atoms with E-state index in [4.69, 9.17) is 11.6 Å². The number of rotatable bonds is 2. The Bertz CT molecular complexity index is 308. The first kappa shape index (κ1) is 8.79. The molecule has 0 spiro atoms. The molecule has 1 heterocycles. The third kappa shape index (κ3) is 1.93. The Hall–Kier alpha value is -0.790. The standard InChI is InChI=1S/C11H12ClN/c1-9(12)6-13-7-10-4-2-3-5-11(10)8-13/h2-5H,1,6-8H2. The summed E-state index contributed by atoms with van der Waals surface area (Å²) in [4.78, 5) is 2.29.